The summed E-state index contributed by atoms with van der Waals surface area (Å²) in [4.78, 5) is 12.5. The number of hydrazone groups is 1. The Balaban J connectivity index is 1.52. The van der Waals surface area contributed by atoms with E-state index in [9.17, 15) is 9.90 Å². The molecule has 2 N–H and O–H groups in total. The Hall–Kier alpha value is -4.11. The van der Waals surface area contributed by atoms with Gasteiger partial charge in [-0.15, -0.1) is 10.2 Å². The highest BCUT2D eigenvalue weighted by Crippen LogP contribution is 2.30. The molecule has 196 valence electrons. The average molecular weight is 530 g/mol. The number of aryl methyl sites for hydroxylation is 1. The molecule has 1 amide bonds. The molecule has 9 heteroatoms. The number of carbonyl (C=O) groups is 1. The number of amides is 1. The number of hydrogen-bond acceptors (Lipinski definition) is 7. The number of thioether (sulfide) groups is 1. The molecule has 0 fully saturated rings. The average Bonchev–Trinajstić information content (AvgIpc) is 3.32. The highest BCUT2D eigenvalue weighted by molar-refractivity contribution is 7.99. The van der Waals surface area contributed by atoms with Gasteiger partial charge in [0, 0.05) is 11.3 Å². The molecule has 0 unspecified atom stereocenters. The zero-order valence-electron chi connectivity index (χ0n) is 22.1. The molecule has 8 nitrogen and oxygen atoms in total. The first-order valence-corrected chi connectivity index (χ1v) is 13.1. The van der Waals surface area contributed by atoms with Gasteiger partial charge in [0.15, 0.2) is 22.5 Å². The van der Waals surface area contributed by atoms with Crippen molar-refractivity contribution < 1.29 is 14.6 Å². The van der Waals surface area contributed by atoms with E-state index < -0.39 is 0 Å². The Bertz CT molecular complexity index is 1440. The molecule has 0 saturated carbocycles. The molecule has 0 radical (unpaired) electrons. The Labute approximate surface area is 226 Å². The molecule has 0 spiro atoms. The van der Waals surface area contributed by atoms with Gasteiger partial charge in [0.2, 0.25) is 0 Å². The summed E-state index contributed by atoms with van der Waals surface area (Å²) in [5.74, 6) is 0.883. The Kier molecular flexibility index (Phi) is 8.16. The fraction of sp³-hybridized carbons (Fsp3) is 0.241. The Morgan fingerprint density at radius 2 is 1.79 bits per heavy atom. The molecule has 1 aromatic heterocycles. The SMILES string of the molecule is COc1cc(C=NNC(=O)CSc2nnc(-c3ccc(C(C)(C)C)cc3)n2-c2ccc(C)cc2)ccc1O. The molecule has 0 bridgehead atoms. The maximum absolute atomic E-state index is 12.5. The molecular weight excluding hydrogens is 498 g/mol. The minimum absolute atomic E-state index is 0.0345. The maximum Gasteiger partial charge on any atom is 0.250 e. The van der Waals surface area contributed by atoms with Crippen LogP contribution in [0.5, 0.6) is 11.5 Å². The summed E-state index contributed by atoms with van der Waals surface area (Å²) in [5, 5.41) is 23.2. The molecule has 0 aliphatic heterocycles. The van der Waals surface area contributed by atoms with E-state index in [1.807, 2.05) is 35.8 Å². The molecule has 0 saturated heterocycles. The number of aromatic nitrogens is 3. The number of nitrogens with zero attached hydrogens (tertiary/aromatic N) is 4. The van der Waals surface area contributed by atoms with Crippen molar-refractivity contribution in [1.82, 2.24) is 20.2 Å². The smallest absolute Gasteiger partial charge is 0.250 e. The molecule has 3 aromatic carbocycles. The zero-order chi connectivity index (χ0) is 27.3. The van der Waals surface area contributed by atoms with Crippen LogP contribution in [0.3, 0.4) is 0 Å². The van der Waals surface area contributed by atoms with Crippen LogP contribution in [0.1, 0.15) is 37.5 Å². The zero-order valence-corrected chi connectivity index (χ0v) is 22.9. The summed E-state index contributed by atoms with van der Waals surface area (Å²) in [6, 6.07) is 21.3. The third kappa shape index (κ3) is 6.41. The predicted octanol–water partition coefficient (Wildman–Crippen LogP) is 5.50. The van der Waals surface area contributed by atoms with Gasteiger partial charge in [0.1, 0.15) is 0 Å². The van der Waals surface area contributed by atoms with Crippen LogP contribution in [0.15, 0.2) is 77.0 Å². The first kappa shape index (κ1) is 26.9. The van der Waals surface area contributed by atoms with Crippen LogP contribution in [0.25, 0.3) is 17.1 Å². The van der Waals surface area contributed by atoms with Crippen LogP contribution in [0.2, 0.25) is 0 Å². The lowest BCUT2D eigenvalue weighted by atomic mass is 9.87. The van der Waals surface area contributed by atoms with E-state index in [0.717, 1.165) is 16.8 Å². The van der Waals surface area contributed by atoms with Gasteiger partial charge in [-0.1, -0.05) is 74.5 Å². The van der Waals surface area contributed by atoms with E-state index in [-0.39, 0.29) is 22.8 Å². The third-order valence-electron chi connectivity index (χ3n) is 5.87. The first-order chi connectivity index (χ1) is 18.2. The summed E-state index contributed by atoms with van der Waals surface area (Å²) in [7, 11) is 1.47. The van der Waals surface area contributed by atoms with Crippen molar-refractivity contribution in [2.24, 2.45) is 5.10 Å². The lowest BCUT2D eigenvalue weighted by Crippen LogP contribution is -2.20. The van der Waals surface area contributed by atoms with Crippen LogP contribution < -0.4 is 10.2 Å². The van der Waals surface area contributed by atoms with E-state index in [4.69, 9.17) is 4.74 Å². The van der Waals surface area contributed by atoms with Gasteiger partial charge in [-0.25, -0.2) is 5.43 Å². The van der Waals surface area contributed by atoms with Crippen LogP contribution in [0.4, 0.5) is 0 Å². The molecule has 0 aliphatic rings. The van der Waals surface area contributed by atoms with E-state index >= 15 is 0 Å². The van der Waals surface area contributed by atoms with E-state index in [2.05, 4.69) is 65.8 Å². The number of methoxy groups -OCH3 is 1. The van der Waals surface area contributed by atoms with Gasteiger partial charge in [0.25, 0.3) is 5.91 Å². The lowest BCUT2D eigenvalue weighted by molar-refractivity contribution is -0.118. The van der Waals surface area contributed by atoms with Crippen LogP contribution in [-0.4, -0.2) is 44.9 Å². The normalized spacial score (nSPS) is 11.6. The number of benzene rings is 3. The first-order valence-electron chi connectivity index (χ1n) is 12.1. The summed E-state index contributed by atoms with van der Waals surface area (Å²) >= 11 is 1.28. The predicted molar refractivity (Wildman–Crippen MR) is 151 cm³/mol. The molecule has 4 aromatic rings. The van der Waals surface area contributed by atoms with Crippen molar-refractivity contribution >= 4 is 23.9 Å². The lowest BCUT2D eigenvalue weighted by Gasteiger charge is -2.19. The molecule has 0 atom stereocenters. The standard InChI is InChI=1S/C29H31N5O3S/c1-19-6-13-23(14-7-19)34-27(21-9-11-22(12-10-21)29(2,3)4)32-33-28(34)38-18-26(36)31-30-17-20-8-15-24(35)25(16-20)37-5/h6-17,35H,18H2,1-5H3,(H,31,36). The van der Waals surface area contributed by atoms with Crippen molar-refractivity contribution in [2.45, 2.75) is 38.3 Å². The number of hydrogen-bond donors (Lipinski definition) is 2. The van der Waals surface area contributed by atoms with E-state index in [1.54, 1.807) is 12.1 Å². The number of phenols is 1. The van der Waals surface area contributed by atoms with Crippen molar-refractivity contribution in [3.8, 4) is 28.6 Å². The number of carbonyl (C=O) groups excluding carboxylic acids is 1. The van der Waals surface area contributed by atoms with E-state index in [1.165, 1.54) is 36.7 Å². The maximum atomic E-state index is 12.5. The molecule has 4 rings (SSSR count). The largest absolute Gasteiger partial charge is 0.504 e. The highest BCUT2D eigenvalue weighted by Gasteiger charge is 2.19. The Morgan fingerprint density at radius 3 is 2.45 bits per heavy atom. The van der Waals surface area contributed by atoms with Gasteiger partial charge in [-0.2, -0.15) is 5.10 Å². The minimum atomic E-state index is -0.286. The summed E-state index contributed by atoms with van der Waals surface area (Å²) in [6.07, 6.45) is 1.48. The monoisotopic (exact) mass is 529 g/mol. The van der Waals surface area contributed by atoms with Crippen LogP contribution in [0, 0.1) is 6.92 Å². The topological polar surface area (TPSA) is 102 Å². The van der Waals surface area contributed by atoms with Gasteiger partial charge >= 0.3 is 0 Å². The molecule has 38 heavy (non-hydrogen) atoms. The number of phenolic OH excluding ortho intramolecular Hbond substituents is 1. The molecule has 1 heterocycles. The van der Waals surface area contributed by atoms with Gasteiger partial charge in [0.05, 0.1) is 19.1 Å². The summed E-state index contributed by atoms with van der Waals surface area (Å²) < 4.78 is 7.06. The van der Waals surface area contributed by atoms with Gasteiger partial charge < -0.3 is 9.84 Å². The third-order valence-corrected chi connectivity index (χ3v) is 6.80. The number of nitrogens with one attached hydrogen (secondary N) is 1. The van der Waals surface area contributed by atoms with Crippen LogP contribution in [-0.2, 0) is 10.2 Å². The molecule has 0 aliphatic carbocycles. The minimum Gasteiger partial charge on any atom is -0.504 e. The highest BCUT2D eigenvalue weighted by atomic mass is 32.2. The second-order valence-electron chi connectivity index (χ2n) is 9.82. The van der Waals surface area contributed by atoms with E-state index in [0.29, 0.717) is 22.3 Å². The fourth-order valence-corrected chi connectivity index (χ4v) is 4.46. The quantitative estimate of drug-likeness (QED) is 0.178. The molecular formula is C29H31N5O3S. The van der Waals surface area contributed by atoms with Crippen molar-refractivity contribution in [3.05, 3.63) is 83.4 Å². The second-order valence-corrected chi connectivity index (χ2v) is 10.8. The van der Waals surface area contributed by atoms with Gasteiger partial charge in [-0.3, -0.25) is 9.36 Å². The van der Waals surface area contributed by atoms with Crippen molar-refractivity contribution in [1.29, 1.82) is 0 Å². The van der Waals surface area contributed by atoms with Crippen molar-refractivity contribution in [2.75, 3.05) is 12.9 Å². The number of aromatic hydroxyl groups is 1. The number of rotatable bonds is 8. The van der Waals surface area contributed by atoms with Crippen LogP contribution >= 0.6 is 11.8 Å². The Morgan fingerprint density at radius 1 is 1.08 bits per heavy atom. The summed E-state index contributed by atoms with van der Waals surface area (Å²) in [6.45, 7) is 8.59. The summed E-state index contributed by atoms with van der Waals surface area (Å²) in [5.41, 5.74) is 7.49. The fourth-order valence-electron chi connectivity index (χ4n) is 3.71. The second kappa shape index (κ2) is 11.5. The van der Waals surface area contributed by atoms with Crippen molar-refractivity contribution in [3.63, 3.8) is 0 Å². The van der Waals surface area contributed by atoms with Gasteiger partial charge in [-0.05, 0) is 53.8 Å². The number of ether oxygens (including phenoxy) is 1.